The highest BCUT2D eigenvalue weighted by Gasteiger charge is 2.14. The van der Waals surface area contributed by atoms with Crippen molar-refractivity contribution in [3.05, 3.63) is 77.4 Å². The van der Waals surface area contributed by atoms with Crippen molar-refractivity contribution in [3.8, 4) is 0 Å². The summed E-state index contributed by atoms with van der Waals surface area (Å²) in [6.07, 6.45) is 0. The van der Waals surface area contributed by atoms with Crippen molar-refractivity contribution in [3.63, 3.8) is 0 Å². The molecule has 0 aromatic heterocycles. The van der Waals surface area contributed by atoms with E-state index in [0.29, 0.717) is 22.5 Å². The lowest BCUT2D eigenvalue weighted by Crippen LogP contribution is -2.09. The summed E-state index contributed by atoms with van der Waals surface area (Å²) >= 11 is 1.60. The third kappa shape index (κ3) is 4.68. The highest BCUT2D eigenvalue weighted by molar-refractivity contribution is 7.99. The molecule has 0 spiro atoms. The van der Waals surface area contributed by atoms with Crippen molar-refractivity contribution >= 4 is 23.3 Å². The summed E-state index contributed by atoms with van der Waals surface area (Å²) in [6.45, 7) is 9.69. The van der Waals surface area contributed by atoms with Crippen LogP contribution in [0, 0.1) is 12.8 Å². The van der Waals surface area contributed by atoms with Crippen molar-refractivity contribution < 1.29 is 9.59 Å². The highest BCUT2D eigenvalue weighted by atomic mass is 32.2. The molecular weight excluding hydrogens is 316 g/mol. The molecule has 0 unspecified atom stereocenters. The van der Waals surface area contributed by atoms with Crippen LogP contribution in [0.2, 0.25) is 0 Å². The van der Waals surface area contributed by atoms with E-state index in [4.69, 9.17) is 0 Å². The first-order valence-corrected chi connectivity index (χ1v) is 8.93. The second-order valence-corrected chi connectivity index (χ2v) is 7.18. The smallest absolute Gasteiger partial charge is 0.189 e. The van der Waals surface area contributed by atoms with E-state index in [1.165, 1.54) is 5.56 Å². The quantitative estimate of drug-likeness (QED) is 0.387. The zero-order valence-corrected chi connectivity index (χ0v) is 15.2. The molecule has 0 saturated carbocycles. The Labute approximate surface area is 148 Å². The van der Waals surface area contributed by atoms with Crippen LogP contribution in [0.4, 0.5) is 0 Å². The first-order chi connectivity index (χ1) is 11.4. The Morgan fingerprint density at radius 3 is 2.04 bits per heavy atom. The molecule has 2 aromatic rings. The fraction of sp³-hybridized carbons (Fsp3) is 0.238. The topological polar surface area (TPSA) is 34.1 Å². The molecule has 3 heteroatoms. The van der Waals surface area contributed by atoms with E-state index in [9.17, 15) is 9.59 Å². The summed E-state index contributed by atoms with van der Waals surface area (Å²) in [4.78, 5) is 25.5. The van der Waals surface area contributed by atoms with Gasteiger partial charge in [0.25, 0.3) is 0 Å². The van der Waals surface area contributed by atoms with Gasteiger partial charge in [-0.1, -0.05) is 62.4 Å². The average Bonchev–Trinajstić information content (AvgIpc) is 2.59. The Hall–Kier alpha value is -2.13. The van der Waals surface area contributed by atoms with Gasteiger partial charge in [-0.15, -0.1) is 11.8 Å². The second kappa shape index (κ2) is 8.11. The molecular formula is C21H22O2S. The first-order valence-electron chi connectivity index (χ1n) is 7.94. The standard InChI is InChI=1S/C21H22O2S/c1-14(2)20(22)17-7-9-18(10-8-17)21(23)16(4)13-24-19-11-5-15(3)6-12-19/h5-12,14H,4,13H2,1-3H3. The Bertz CT molecular complexity index is 740. The SMILES string of the molecule is C=C(CSc1ccc(C)cc1)C(=O)c1ccc(C(=O)C(C)C)cc1. The minimum Gasteiger partial charge on any atom is -0.294 e. The van der Waals surface area contributed by atoms with Gasteiger partial charge in [0.15, 0.2) is 11.6 Å². The van der Waals surface area contributed by atoms with Crippen LogP contribution in [0.15, 0.2) is 65.6 Å². The zero-order chi connectivity index (χ0) is 17.7. The van der Waals surface area contributed by atoms with Crippen molar-refractivity contribution in [1.29, 1.82) is 0 Å². The van der Waals surface area contributed by atoms with Gasteiger partial charge in [-0.25, -0.2) is 0 Å². The Balaban J connectivity index is 1.98. The molecule has 24 heavy (non-hydrogen) atoms. The lowest BCUT2D eigenvalue weighted by molar-refractivity contribution is 0.0938. The molecule has 0 heterocycles. The Morgan fingerprint density at radius 2 is 1.50 bits per heavy atom. The largest absolute Gasteiger partial charge is 0.294 e. The van der Waals surface area contributed by atoms with E-state index in [2.05, 4.69) is 18.7 Å². The number of carbonyl (C=O) groups excluding carboxylic acids is 2. The van der Waals surface area contributed by atoms with E-state index < -0.39 is 0 Å². The van der Waals surface area contributed by atoms with Crippen LogP contribution in [0.1, 0.15) is 40.1 Å². The van der Waals surface area contributed by atoms with Crippen molar-refractivity contribution in [1.82, 2.24) is 0 Å². The molecule has 0 N–H and O–H groups in total. The van der Waals surface area contributed by atoms with Gasteiger partial charge in [-0.2, -0.15) is 0 Å². The number of hydrogen-bond acceptors (Lipinski definition) is 3. The molecule has 124 valence electrons. The molecule has 2 nitrogen and oxygen atoms in total. The number of aryl methyl sites for hydroxylation is 1. The summed E-state index contributed by atoms with van der Waals surface area (Å²) in [5.74, 6) is 0.516. The van der Waals surface area contributed by atoms with Crippen LogP contribution < -0.4 is 0 Å². The normalized spacial score (nSPS) is 10.7. The molecule has 0 radical (unpaired) electrons. The number of ketones is 2. The van der Waals surface area contributed by atoms with Gasteiger partial charge < -0.3 is 0 Å². The van der Waals surface area contributed by atoms with E-state index in [1.54, 1.807) is 36.0 Å². The molecule has 0 amide bonds. The summed E-state index contributed by atoms with van der Waals surface area (Å²) in [5.41, 5.74) is 2.99. The first kappa shape index (κ1) is 18.2. The van der Waals surface area contributed by atoms with Crippen LogP contribution in [0.3, 0.4) is 0 Å². The van der Waals surface area contributed by atoms with Gasteiger partial charge in [0.05, 0.1) is 0 Å². The molecule has 0 bridgehead atoms. The van der Waals surface area contributed by atoms with Gasteiger partial charge >= 0.3 is 0 Å². The highest BCUT2D eigenvalue weighted by Crippen LogP contribution is 2.22. The summed E-state index contributed by atoms with van der Waals surface area (Å²) in [7, 11) is 0. The molecule has 2 rings (SSSR count). The summed E-state index contributed by atoms with van der Waals surface area (Å²) < 4.78 is 0. The summed E-state index contributed by atoms with van der Waals surface area (Å²) in [6, 6.07) is 15.0. The maximum Gasteiger partial charge on any atom is 0.189 e. The number of carbonyl (C=O) groups is 2. The number of thioether (sulfide) groups is 1. The third-order valence-corrected chi connectivity index (χ3v) is 4.81. The monoisotopic (exact) mass is 338 g/mol. The number of rotatable bonds is 7. The zero-order valence-electron chi connectivity index (χ0n) is 14.3. The Kier molecular flexibility index (Phi) is 6.16. The van der Waals surface area contributed by atoms with Crippen LogP contribution in [-0.2, 0) is 0 Å². The second-order valence-electron chi connectivity index (χ2n) is 6.13. The van der Waals surface area contributed by atoms with Crippen molar-refractivity contribution in [2.45, 2.75) is 25.7 Å². The maximum atomic E-state index is 12.4. The molecule has 2 aromatic carbocycles. The lowest BCUT2D eigenvalue weighted by atomic mass is 9.98. The fourth-order valence-electron chi connectivity index (χ4n) is 2.19. The minimum atomic E-state index is -0.0712. The van der Waals surface area contributed by atoms with E-state index in [1.807, 2.05) is 32.9 Å². The summed E-state index contributed by atoms with van der Waals surface area (Å²) in [5, 5.41) is 0. The fourth-order valence-corrected chi connectivity index (χ4v) is 2.99. The van der Waals surface area contributed by atoms with Gasteiger partial charge in [0.1, 0.15) is 0 Å². The number of benzene rings is 2. The molecule has 0 fully saturated rings. The van der Waals surface area contributed by atoms with Gasteiger partial charge in [0, 0.05) is 33.3 Å². The van der Waals surface area contributed by atoms with Crippen molar-refractivity contribution in [2.75, 3.05) is 5.75 Å². The van der Waals surface area contributed by atoms with E-state index in [-0.39, 0.29) is 17.5 Å². The molecule has 0 saturated heterocycles. The molecule has 0 aliphatic carbocycles. The number of Topliss-reactive ketones (excluding diaryl/α,β-unsaturated/α-hetero) is 2. The minimum absolute atomic E-state index is 0.0487. The van der Waals surface area contributed by atoms with Crippen LogP contribution in [0.5, 0.6) is 0 Å². The Morgan fingerprint density at radius 1 is 0.958 bits per heavy atom. The van der Waals surface area contributed by atoms with E-state index >= 15 is 0 Å². The average molecular weight is 338 g/mol. The van der Waals surface area contributed by atoms with Gasteiger partial charge in [0.2, 0.25) is 0 Å². The van der Waals surface area contributed by atoms with Crippen molar-refractivity contribution in [2.24, 2.45) is 5.92 Å². The van der Waals surface area contributed by atoms with Gasteiger partial charge in [-0.3, -0.25) is 9.59 Å². The number of hydrogen-bond donors (Lipinski definition) is 0. The molecule has 0 atom stereocenters. The van der Waals surface area contributed by atoms with Crippen LogP contribution in [0.25, 0.3) is 0 Å². The molecule has 0 aliphatic heterocycles. The molecule has 0 aliphatic rings. The third-order valence-electron chi connectivity index (χ3n) is 3.71. The lowest BCUT2D eigenvalue weighted by Gasteiger charge is -2.07. The predicted molar refractivity (Wildman–Crippen MR) is 101 cm³/mol. The van der Waals surface area contributed by atoms with E-state index in [0.717, 1.165) is 4.90 Å². The van der Waals surface area contributed by atoms with Gasteiger partial charge in [-0.05, 0) is 19.1 Å². The predicted octanol–water partition coefficient (Wildman–Crippen LogP) is 5.36. The maximum absolute atomic E-state index is 12.4. The van der Waals surface area contributed by atoms with Crippen LogP contribution in [-0.4, -0.2) is 17.3 Å². The van der Waals surface area contributed by atoms with Crippen LogP contribution >= 0.6 is 11.8 Å².